The van der Waals surface area contributed by atoms with E-state index in [1.54, 1.807) is 30.3 Å². The molecule has 0 radical (unpaired) electrons. The number of nitrogens with one attached hydrogen (secondary N) is 2. The van der Waals surface area contributed by atoms with Gasteiger partial charge in [-0.05, 0) is 24.3 Å². The summed E-state index contributed by atoms with van der Waals surface area (Å²) < 4.78 is 12.6. The van der Waals surface area contributed by atoms with Gasteiger partial charge in [-0.15, -0.1) is 0 Å². The van der Waals surface area contributed by atoms with Gasteiger partial charge in [0, 0.05) is 0 Å². The molecule has 9 heteroatoms. The van der Waals surface area contributed by atoms with Crippen molar-refractivity contribution in [1.82, 2.24) is 20.2 Å². The number of ether oxygens (including phenoxy) is 2. The first-order valence-corrected chi connectivity index (χ1v) is 9.46. The van der Waals surface area contributed by atoms with Crippen LogP contribution in [0.15, 0.2) is 59.7 Å². The third kappa shape index (κ3) is 4.40. The number of nitrogens with zero attached hydrogens (tertiary/aromatic N) is 2. The first kappa shape index (κ1) is 19.4. The number of para-hydroxylation sites is 3. The third-order valence-corrected chi connectivity index (χ3v) is 4.59. The Labute approximate surface area is 171 Å². The zero-order valence-electron chi connectivity index (χ0n) is 16.0. The maximum absolute atomic E-state index is 12.4. The number of aromatic nitrogens is 2. The molecular formula is C21H20N4O5. The van der Waals surface area contributed by atoms with Crippen molar-refractivity contribution in [2.24, 2.45) is 0 Å². The average Bonchev–Trinajstić information content (AvgIpc) is 2.78. The van der Waals surface area contributed by atoms with Crippen LogP contribution < -0.4 is 25.7 Å². The Morgan fingerprint density at radius 2 is 1.80 bits per heavy atom. The lowest BCUT2D eigenvalue weighted by molar-refractivity contribution is -0.126. The van der Waals surface area contributed by atoms with E-state index in [-0.39, 0.29) is 37.2 Å². The number of carbonyl (C=O) groups excluding carboxylic acids is 2. The quantitative estimate of drug-likeness (QED) is 0.613. The molecule has 4 rings (SSSR count). The van der Waals surface area contributed by atoms with Crippen molar-refractivity contribution in [3.8, 4) is 11.5 Å². The lowest BCUT2D eigenvalue weighted by Crippen LogP contribution is -2.44. The molecule has 0 aliphatic carbocycles. The molecular weight excluding hydrogens is 388 g/mol. The van der Waals surface area contributed by atoms with E-state index in [9.17, 15) is 14.4 Å². The number of fused-ring (bicyclic) bond motifs is 2. The maximum Gasteiger partial charge on any atom is 0.261 e. The van der Waals surface area contributed by atoms with Gasteiger partial charge in [0.05, 0.1) is 30.3 Å². The highest BCUT2D eigenvalue weighted by Gasteiger charge is 2.21. The summed E-state index contributed by atoms with van der Waals surface area (Å²) in [6.45, 7) is 0.137. The summed E-state index contributed by atoms with van der Waals surface area (Å²) in [5, 5.41) is 5.63. The van der Waals surface area contributed by atoms with Crippen LogP contribution >= 0.6 is 0 Å². The molecule has 1 atom stereocenters. The third-order valence-electron chi connectivity index (χ3n) is 4.59. The van der Waals surface area contributed by atoms with Gasteiger partial charge in [0.15, 0.2) is 11.5 Å². The molecule has 30 heavy (non-hydrogen) atoms. The summed E-state index contributed by atoms with van der Waals surface area (Å²) in [4.78, 5) is 40.7. The van der Waals surface area contributed by atoms with Crippen LogP contribution in [0.1, 0.15) is 0 Å². The van der Waals surface area contributed by atoms with E-state index in [1.807, 2.05) is 18.2 Å². The van der Waals surface area contributed by atoms with Crippen LogP contribution in [0.5, 0.6) is 11.5 Å². The van der Waals surface area contributed by atoms with Crippen molar-refractivity contribution in [3.05, 3.63) is 65.2 Å². The average molecular weight is 408 g/mol. The van der Waals surface area contributed by atoms with Gasteiger partial charge < -0.3 is 20.1 Å². The highest BCUT2D eigenvalue weighted by atomic mass is 16.6. The molecule has 1 unspecified atom stereocenters. The van der Waals surface area contributed by atoms with Crippen molar-refractivity contribution in [1.29, 1.82) is 0 Å². The molecule has 2 N–H and O–H groups in total. The Bertz CT molecular complexity index is 1140. The van der Waals surface area contributed by atoms with Crippen LogP contribution in [0.25, 0.3) is 10.9 Å². The predicted molar refractivity (Wildman–Crippen MR) is 108 cm³/mol. The maximum atomic E-state index is 12.4. The van der Waals surface area contributed by atoms with Crippen molar-refractivity contribution < 1.29 is 19.1 Å². The number of benzene rings is 2. The molecule has 0 saturated heterocycles. The fraction of sp³-hybridized carbons (Fsp3) is 0.238. The highest BCUT2D eigenvalue weighted by Crippen LogP contribution is 2.30. The first-order valence-electron chi connectivity index (χ1n) is 9.46. The van der Waals surface area contributed by atoms with Gasteiger partial charge in [-0.3, -0.25) is 19.0 Å². The zero-order valence-corrected chi connectivity index (χ0v) is 16.0. The van der Waals surface area contributed by atoms with E-state index in [2.05, 4.69) is 15.6 Å². The fourth-order valence-corrected chi connectivity index (χ4v) is 3.06. The van der Waals surface area contributed by atoms with E-state index in [1.165, 1.54) is 10.9 Å². The summed E-state index contributed by atoms with van der Waals surface area (Å²) in [5.74, 6) is 0.474. The summed E-state index contributed by atoms with van der Waals surface area (Å²) >= 11 is 0. The number of hydrogen-bond donors (Lipinski definition) is 2. The van der Waals surface area contributed by atoms with Gasteiger partial charge in [0.25, 0.3) is 5.56 Å². The molecule has 2 heterocycles. The summed E-state index contributed by atoms with van der Waals surface area (Å²) in [5.41, 5.74) is 0.255. The first-order chi connectivity index (χ1) is 14.6. The normalized spacial score (nSPS) is 14.9. The molecule has 0 fully saturated rings. The molecule has 3 aromatic rings. The number of hydrogen-bond acceptors (Lipinski definition) is 6. The second kappa shape index (κ2) is 8.64. The van der Waals surface area contributed by atoms with Gasteiger partial charge in [-0.1, -0.05) is 24.3 Å². The Kier molecular flexibility index (Phi) is 5.60. The van der Waals surface area contributed by atoms with Gasteiger partial charge in [0.2, 0.25) is 11.8 Å². The van der Waals surface area contributed by atoms with Crippen molar-refractivity contribution in [2.45, 2.75) is 12.6 Å². The second-order valence-electron chi connectivity index (χ2n) is 6.77. The Morgan fingerprint density at radius 3 is 2.67 bits per heavy atom. The minimum Gasteiger partial charge on any atom is -0.486 e. The molecule has 154 valence electrons. The Morgan fingerprint density at radius 1 is 1.03 bits per heavy atom. The molecule has 1 aliphatic heterocycles. The Hall–Kier alpha value is -3.88. The lowest BCUT2D eigenvalue weighted by atomic mass is 10.2. The fourth-order valence-electron chi connectivity index (χ4n) is 3.06. The molecule has 0 bridgehead atoms. The number of rotatable bonds is 6. The van der Waals surface area contributed by atoms with Crippen LogP contribution in [0.3, 0.4) is 0 Å². The minimum atomic E-state index is -0.462. The predicted octanol–water partition coefficient (Wildman–Crippen LogP) is 0.469. The number of carbonyl (C=O) groups is 2. The van der Waals surface area contributed by atoms with Crippen molar-refractivity contribution >= 4 is 22.7 Å². The zero-order chi connectivity index (χ0) is 20.9. The molecule has 2 aromatic carbocycles. The van der Waals surface area contributed by atoms with Crippen LogP contribution in [0, 0.1) is 0 Å². The largest absolute Gasteiger partial charge is 0.486 e. The standard InChI is InChI=1S/C21H20N4O5/c26-19(22-9-14-12-29-17-7-3-4-8-18(17)30-14)10-23-20(27)11-25-13-24-16-6-2-1-5-15(16)21(25)28/h1-8,13-14H,9-12H2,(H,22,26)(H,23,27). The van der Waals surface area contributed by atoms with Gasteiger partial charge in [0.1, 0.15) is 19.3 Å². The molecule has 1 aliphatic rings. The van der Waals surface area contributed by atoms with E-state index in [4.69, 9.17) is 9.47 Å². The Balaban J connectivity index is 1.24. The van der Waals surface area contributed by atoms with E-state index < -0.39 is 5.91 Å². The SMILES string of the molecule is O=C(CNC(=O)Cn1cnc2ccccc2c1=O)NCC1COc2ccccc2O1. The molecule has 1 aromatic heterocycles. The summed E-state index contributed by atoms with van der Waals surface area (Å²) in [6.07, 6.45) is 1.00. The van der Waals surface area contributed by atoms with E-state index >= 15 is 0 Å². The van der Waals surface area contributed by atoms with E-state index in [0.29, 0.717) is 29.0 Å². The van der Waals surface area contributed by atoms with Gasteiger partial charge in [-0.25, -0.2) is 4.98 Å². The van der Waals surface area contributed by atoms with Crippen LogP contribution in [-0.2, 0) is 16.1 Å². The van der Waals surface area contributed by atoms with Crippen LogP contribution in [-0.4, -0.2) is 47.2 Å². The van der Waals surface area contributed by atoms with Crippen LogP contribution in [0.2, 0.25) is 0 Å². The minimum absolute atomic E-state index is 0.210. The van der Waals surface area contributed by atoms with Crippen molar-refractivity contribution in [3.63, 3.8) is 0 Å². The van der Waals surface area contributed by atoms with Crippen LogP contribution in [0.4, 0.5) is 0 Å². The van der Waals surface area contributed by atoms with Gasteiger partial charge in [-0.2, -0.15) is 0 Å². The smallest absolute Gasteiger partial charge is 0.261 e. The lowest BCUT2D eigenvalue weighted by Gasteiger charge is -2.26. The highest BCUT2D eigenvalue weighted by molar-refractivity contribution is 5.84. The second-order valence-corrected chi connectivity index (χ2v) is 6.77. The summed E-state index contributed by atoms with van der Waals surface area (Å²) in [7, 11) is 0. The molecule has 9 nitrogen and oxygen atoms in total. The summed E-state index contributed by atoms with van der Waals surface area (Å²) in [6, 6.07) is 14.2. The monoisotopic (exact) mass is 408 g/mol. The van der Waals surface area contributed by atoms with Crippen molar-refractivity contribution in [2.75, 3.05) is 19.7 Å². The molecule has 0 spiro atoms. The van der Waals surface area contributed by atoms with E-state index in [0.717, 1.165) is 0 Å². The topological polar surface area (TPSA) is 112 Å². The van der Waals surface area contributed by atoms with Gasteiger partial charge >= 0.3 is 0 Å². The number of amides is 2. The molecule has 0 saturated carbocycles. The molecule has 2 amide bonds.